The van der Waals surface area contributed by atoms with Gasteiger partial charge in [0.1, 0.15) is 0 Å². The van der Waals surface area contributed by atoms with E-state index in [1.165, 1.54) is 19.4 Å². The molecular weight excluding hydrogens is 198 g/mol. The second kappa shape index (κ2) is 9.50. The maximum Gasteiger partial charge on any atom is 0.0506 e. The van der Waals surface area contributed by atoms with Crippen LogP contribution in [0.4, 0.5) is 0 Å². The summed E-state index contributed by atoms with van der Waals surface area (Å²) in [7, 11) is 0. The maximum absolute atomic E-state index is 5.59. The zero-order chi connectivity index (χ0) is 9.36. The van der Waals surface area contributed by atoms with Gasteiger partial charge in [0.05, 0.1) is 6.61 Å². The molecule has 0 amide bonds. The molecule has 0 bridgehead atoms. The Balaban J connectivity index is 0.00000169. The zero-order valence-corrected chi connectivity index (χ0v) is 9.65. The third-order valence-corrected chi connectivity index (χ3v) is 2.45. The molecule has 0 spiro atoms. The monoisotopic (exact) mass is 219 g/mol. The molecule has 0 aromatic heterocycles. The Morgan fingerprint density at radius 1 is 1.50 bits per heavy atom. The number of nitrogens with one attached hydrogen (secondary N) is 1. The second-order valence-electron chi connectivity index (χ2n) is 3.72. The summed E-state index contributed by atoms with van der Waals surface area (Å²) in [6.45, 7) is 7.84. The highest BCUT2D eigenvalue weighted by atomic mass is 35.5. The number of rotatable bonds is 6. The first-order valence-electron chi connectivity index (χ1n) is 5.33. The molecule has 1 heterocycles. The standard InChI is InChI=1S/C11H21NO.ClH/c1-2-3-4-8-13-10-11-6-5-7-12-9-11;/h2,11-12H,1,3-10H2;1H. The van der Waals surface area contributed by atoms with E-state index in [0.29, 0.717) is 0 Å². The fourth-order valence-electron chi connectivity index (χ4n) is 1.65. The largest absolute Gasteiger partial charge is 0.381 e. The van der Waals surface area contributed by atoms with Crippen LogP contribution < -0.4 is 5.32 Å². The van der Waals surface area contributed by atoms with E-state index in [4.69, 9.17) is 4.74 Å². The fraction of sp³-hybridized carbons (Fsp3) is 0.818. The quantitative estimate of drug-likeness (QED) is 0.547. The minimum absolute atomic E-state index is 0. The molecular formula is C11H22ClNO. The maximum atomic E-state index is 5.59. The van der Waals surface area contributed by atoms with E-state index < -0.39 is 0 Å². The number of hydrogen-bond donors (Lipinski definition) is 1. The van der Waals surface area contributed by atoms with Gasteiger partial charge < -0.3 is 10.1 Å². The Morgan fingerprint density at radius 3 is 3.00 bits per heavy atom. The number of unbranched alkanes of at least 4 members (excludes halogenated alkanes) is 1. The number of hydrogen-bond acceptors (Lipinski definition) is 2. The summed E-state index contributed by atoms with van der Waals surface area (Å²) < 4.78 is 5.59. The summed E-state index contributed by atoms with van der Waals surface area (Å²) in [5, 5.41) is 3.39. The number of ether oxygens (including phenoxy) is 1. The first kappa shape index (κ1) is 13.9. The first-order valence-corrected chi connectivity index (χ1v) is 5.33. The Kier molecular flexibility index (Phi) is 9.47. The van der Waals surface area contributed by atoms with Gasteiger partial charge in [0.25, 0.3) is 0 Å². The van der Waals surface area contributed by atoms with Crippen molar-refractivity contribution < 1.29 is 4.74 Å². The molecule has 0 radical (unpaired) electrons. The lowest BCUT2D eigenvalue weighted by Gasteiger charge is -2.22. The molecule has 1 atom stereocenters. The first-order chi connectivity index (χ1) is 6.43. The molecule has 1 aliphatic heterocycles. The van der Waals surface area contributed by atoms with Crippen LogP contribution in [0.25, 0.3) is 0 Å². The lowest BCUT2D eigenvalue weighted by molar-refractivity contribution is 0.0886. The van der Waals surface area contributed by atoms with Crippen LogP contribution in [0.1, 0.15) is 25.7 Å². The van der Waals surface area contributed by atoms with Crippen LogP contribution in [-0.4, -0.2) is 26.3 Å². The highest BCUT2D eigenvalue weighted by molar-refractivity contribution is 5.85. The van der Waals surface area contributed by atoms with Gasteiger partial charge in [-0.05, 0) is 38.1 Å². The third kappa shape index (κ3) is 6.41. The summed E-state index contributed by atoms with van der Waals surface area (Å²) >= 11 is 0. The van der Waals surface area contributed by atoms with Gasteiger partial charge >= 0.3 is 0 Å². The van der Waals surface area contributed by atoms with Crippen molar-refractivity contribution in [3.8, 4) is 0 Å². The Labute approximate surface area is 93.5 Å². The average Bonchev–Trinajstić information content (AvgIpc) is 2.19. The van der Waals surface area contributed by atoms with Crippen molar-refractivity contribution in [1.29, 1.82) is 0 Å². The highest BCUT2D eigenvalue weighted by Gasteiger charge is 2.12. The van der Waals surface area contributed by atoms with Crippen molar-refractivity contribution in [2.45, 2.75) is 25.7 Å². The van der Waals surface area contributed by atoms with Crippen molar-refractivity contribution in [3.63, 3.8) is 0 Å². The molecule has 84 valence electrons. The van der Waals surface area contributed by atoms with Gasteiger partial charge in [-0.2, -0.15) is 0 Å². The van der Waals surface area contributed by atoms with Gasteiger partial charge in [-0.25, -0.2) is 0 Å². The molecule has 0 aliphatic carbocycles. The van der Waals surface area contributed by atoms with Crippen molar-refractivity contribution >= 4 is 12.4 Å². The molecule has 14 heavy (non-hydrogen) atoms. The summed E-state index contributed by atoms with van der Waals surface area (Å²) in [6, 6.07) is 0. The van der Waals surface area contributed by atoms with Gasteiger partial charge in [0, 0.05) is 13.2 Å². The molecule has 1 saturated heterocycles. The predicted molar refractivity (Wildman–Crippen MR) is 63.1 cm³/mol. The van der Waals surface area contributed by atoms with Crippen LogP contribution in [0.2, 0.25) is 0 Å². The molecule has 2 nitrogen and oxygen atoms in total. The SMILES string of the molecule is C=CCCCOCC1CCCNC1.Cl. The Morgan fingerprint density at radius 2 is 2.36 bits per heavy atom. The Bertz CT molecular complexity index is 135. The summed E-state index contributed by atoms with van der Waals surface area (Å²) in [6.07, 6.45) is 6.77. The number of allylic oxidation sites excluding steroid dienone is 1. The molecule has 1 unspecified atom stereocenters. The number of piperidine rings is 1. The molecule has 0 saturated carbocycles. The molecule has 0 aromatic rings. The van der Waals surface area contributed by atoms with E-state index in [-0.39, 0.29) is 12.4 Å². The van der Waals surface area contributed by atoms with Gasteiger partial charge in [-0.1, -0.05) is 6.08 Å². The van der Waals surface area contributed by atoms with Gasteiger partial charge in [0.2, 0.25) is 0 Å². The topological polar surface area (TPSA) is 21.3 Å². The van der Waals surface area contributed by atoms with E-state index in [1.807, 2.05) is 6.08 Å². The second-order valence-corrected chi connectivity index (χ2v) is 3.72. The fourth-order valence-corrected chi connectivity index (χ4v) is 1.65. The summed E-state index contributed by atoms with van der Waals surface area (Å²) in [5.74, 6) is 0.748. The molecule has 1 rings (SSSR count). The van der Waals surface area contributed by atoms with Gasteiger partial charge in [-0.3, -0.25) is 0 Å². The number of halogens is 1. The average molecular weight is 220 g/mol. The minimum Gasteiger partial charge on any atom is -0.381 e. The van der Waals surface area contributed by atoms with Crippen LogP contribution >= 0.6 is 12.4 Å². The molecule has 0 aromatic carbocycles. The van der Waals surface area contributed by atoms with Crippen LogP contribution in [0.15, 0.2) is 12.7 Å². The predicted octanol–water partition coefficient (Wildman–Crippen LogP) is 2.39. The van der Waals surface area contributed by atoms with Crippen molar-refractivity contribution in [2.24, 2.45) is 5.92 Å². The van der Waals surface area contributed by atoms with E-state index in [2.05, 4.69) is 11.9 Å². The highest BCUT2D eigenvalue weighted by Crippen LogP contribution is 2.10. The van der Waals surface area contributed by atoms with E-state index in [1.54, 1.807) is 0 Å². The summed E-state index contributed by atoms with van der Waals surface area (Å²) in [4.78, 5) is 0. The molecule has 3 heteroatoms. The van der Waals surface area contributed by atoms with Gasteiger partial charge in [-0.15, -0.1) is 19.0 Å². The van der Waals surface area contributed by atoms with E-state index >= 15 is 0 Å². The smallest absolute Gasteiger partial charge is 0.0506 e. The zero-order valence-electron chi connectivity index (χ0n) is 8.84. The Hall–Kier alpha value is -0.0500. The van der Waals surface area contributed by atoms with Gasteiger partial charge in [0.15, 0.2) is 0 Å². The van der Waals surface area contributed by atoms with Crippen molar-refractivity contribution in [1.82, 2.24) is 5.32 Å². The van der Waals surface area contributed by atoms with Crippen LogP contribution in [0.5, 0.6) is 0 Å². The van der Waals surface area contributed by atoms with E-state index in [0.717, 1.165) is 38.5 Å². The normalized spacial score (nSPS) is 21.3. The lowest BCUT2D eigenvalue weighted by atomic mass is 10.0. The van der Waals surface area contributed by atoms with Crippen molar-refractivity contribution in [3.05, 3.63) is 12.7 Å². The molecule has 1 fully saturated rings. The van der Waals surface area contributed by atoms with Crippen molar-refractivity contribution in [2.75, 3.05) is 26.3 Å². The van der Waals surface area contributed by atoms with Crippen LogP contribution in [0.3, 0.4) is 0 Å². The van der Waals surface area contributed by atoms with Crippen LogP contribution in [-0.2, 0) is 4.74 Å². The lowest BCUT2D eigenvalue weighted by Crippen LogP contribution is -2.32. The minimum atomic E-state index is 0. The molecule has 1 aliphatic rings. The molecule has 1 N–H and O–H groups in total. The third-order valence-electron chi connectivity index (χ3n) is 2.45. The summed E-state index contributed by atoms with van der Waals surface area (Å²) in [5.41, 5.74) is 0. The van der Waals surface area contributed by atoms with Crippen LogP contribution in [0, 0.1) is 5.92 Å². The van der Waals surface area contributed by atoms with E-state index in [9.17, 15) is 0 Å².